The summed E-state index contributed by atoms with van der Waals surface area (Å²) in [5.41, 5.74) is 2.06. The Balaban J connectivity index is 0.000000364. The lowest BCUT2D eigenvalue weighted by Gasteiger charge is -2.35. The van der Waals surface area contributed by atoms with E-state index in [-0.39, 0.29) is 17.9 Å². The predicted octanol–water partition coefficient (Wildman–Crippen LogP) is 1.33. The van der Waals surface area contributed by atoms with Crippen LogP contribution in [0.2, 0.25) is 0 Å². The SMILES string of the molecule is O=C(NC1CCN(C2CNC2)C1=O)c1ccc2nnc(-c3ccccc3)n2c1.O=C(O)C(F)(F)F. The van der Waals surface area contributed by atoms with E-state index in [1.165, 1.54) is 0 Å². The highest BCUT2D eigenvalue weighted by atomic mass is 19.4. The van der Waals surface area contributed by atoms with Gasteiger partial charge >= 0.3 is 12.1 Å². The van der Waals surface area contributed by atoms with Crippen LogP contribution in [0.4, 0.5) is 13.2 Å². The van der Waals surface area contributed by atoms with Crippen molar-refractivity contribution in [3.63, 3.8) is 0 Å². The number of fused-ring (bicyclic) bond motifs is 1. The summed E-state index contributed by atoms with van der Waals surface area (Å²) in [7, 11) is 0. The summed E-state index contributed by atoms with van der Waals surface area (Å²) >= 11 is 0. The lowest BCUT2D eigenvalue weighted by molar-refractivity contribution is -0.192. The molecule has 0 spiro atoms. The third-order valence-corrected chi connectivity index (χ3v) is 5.68. The van der Waals surface area contributed by atoms with Crippen LogP contribution >= 0.6 is 0 Å². The molecule has 10 nitrogen and oxygen atoms in total. The van der Waals surface area contributed by atoms with E-state index in [0.717, 1.165) is 18.7 Å². The quantitative estimate of drug-likeness (QED) is 0.503. The van der Waals surface area contributed by atoms with Crippen molar-refractivity contribution in [2.75, 3.05) is 19.6 Å². The monoisotopic (exact) mass is 490 g/mol. The average molecular weight is 490 g/mol. The van der Waals surface area contributed by atoms with Crippen LogP contribution in [0.15, 0.2) is 48.7 Å². The lowest BCUT2D eigenvalue weighted by atomic mass is 10.1. The molecule has 2 aliphatic heterocycles. The van der Waals surface area contributed by atoms with Crippen molar-refractivity contribution in [2.24, 2.45) is 0 Å². The molecule has 2 aliphatic rings. The summed E-state index contributed by atoms with van der Waals surface area (Å²) in [5.74, 6) is -2.34. The van der Waals surface area contributed by atoms with Crippen LogP contribution in [0.3, 0.4) is 0 Å². The molecule has 3 N–H and O–H groups in total. The third-order valence-electron chi connectivity index (χ3n) is 5.68. The number of aliphatic carboxylic acids is 1. The largest absolute Gasteiger partial charge is 0.490 e. The van der Waals surface area contributed by atoms with E-state index in [0.29, 0.717) is 30.0 Å². The van der Waals surface area contributed by atoms with Crippen molar-refractivity contribution < 1.29 is 32.7 Å². The van der Waals surface area contributed by atoms with E-state index in [4.69, 9.17) is 9.90 Å². The van der Waals surface area contributed by atoms with Gasteiger partial charge < -0.3 is 20.6 Å². The van der Waals surface area contributed by atoms with E-state index >= 15 is 0 Å². The first-order chi connectivity index (χ1) is 16.6. The first-order valence-corrected chi connectivity index (χ1v) is 10.7. The number of pyridine rings is 1. The molecule has 4 heterocycles. The number of carboxylic acids is 1. The minimum absolute atomic E-state index is 0.00944. The zero-order valence-corrected chi connectivity index (χ0v) is 18.2. The lowest BCUT2D eigenvalue weighted by Crippen LogP contribution is -2.58. The summed E-state index contributed by atoms with van der Waals surface area (Å²) in [6.07, 6.45) is -2.72. The normalized spacial score (nSPS) is 18.1. The van der Waals surface area contributed by atoms with Gasteiger partial charge in [0.05, 0.1) is 11.6 Å². The Morgan fingerprint density at radius 3 is 2.37 bits per heavy atom. The zero-order chi connectivity index (χ0) is 25.2. The number of carboxylic acid groups (broad SMARTS) is 1. The molecule has 0 aliphatic carbocycles. The molecular formula is C22H21F3N6O4. The Morgan fingerprint density at radius 1 is 1.09 bits per heavy atom. The number of halogens is 3. The molecule has 5 rings (SSSR count). The van der Waals surface area contributed by atoms with Crippen molar-refractivity contribution in [3.05, 3.63) is 54.2 Å². The number of amides is 2. The van der Waals surface area contributed by atoms with Crippen LogP contribution in [-0.4, -0.2) is 80.3 Å². The fraction of sp³-hybridized carbons (Fsp3) is 0.318. The molecule has 2 saturated heterocycles. The second kappa shape index (κ2) is 9.70. The molecule has 0 radical (unpaired) electrons. The maximum Gasteiger partial charge on any atom is 0.490 e. The van der Waals surface area contributed by atoms with E-state index in [2.05, 4.69) is 20.8 Å². The highest BCUT2D eigenvalue weighted by Crippen LogP contribution is 2.20. The number of rotatable bonds is 4. The predicted molar refractivity (Wildman–Crippen MR) is 116 cm³/mol. The molecule has 184 valence electrons. The smallest absolute Gasteiger partial charge is 0.475 e. The summed E-state index contributed by atoms with van der Waals surface area (Å²) in [6, 6.07) is 13.0. The van der Waals surface area contributed by atoms with E-state index < -0.39 is 18.2 Å². The van der Waals surface area contributed by atoms with Crippen LogP contribution in [-0.2, 0) is 9.59 Å². The van der Waals surface area contributed by atoms with Crippen molar-refractivity contribution >= 4 is 23.4 Å². The molecule has 35 heavy (non-hydrogen) atoms. The van der Waals surface area contributed by atoms with E-state index in [9.17, 15) is 22.8 Å². The van der Waals surface area contributed by atoms with Gasteiger partial charge in [-0.15, -0.1) is 10.2 Å². The molecule has 2 fully saturated rings. The zero-order valence-electron chi connectivity index (χ0n) is 18.2. The van der Waals surface area contributed by atoms with Gasteiger partial charge in [0.25, 0.3) is 5.91 Å². The number of nitrogens with one attached hydrogen (secondary N) is 2. The topological polar surface area (TPSA) is 129 Å². The molecule has 2 amide bonds. The molecule has 1 unspecified atom stereocenters. The Morgan fingerprint density at radius 2 is 1.77 bits per heavy atom. The first-order valence-electron chi connectivity index (χ1n) is 10.7. The van der Waals surface area contributed by atoms with Crippen LogP contribution in [0.5, 0.6) is 0 Å². The van der Waals surface area contributed by atoms with Crippen molar-refractivity contribution in [2.45, 2.75) is 24.7 Å². The summed E-state index contributed by atoms with van der Waals surface area (Å²) < 4.78 is 33.5. The maximum absolute atomic E-state index is 12.8. The molecule has 13 heteroatoms. The van der Waals surface area contributed by atoms with E-state index in [1.54, 1.807) is 22.7 Å². The van der Waals surface area contributed by atoms with Gasteiger partial charge in [-0.3, -0.25) is 14.0 Å². The summed E-state index contributed by atoms with van der Waals surface area (Å²) in [6.45, 7) is 2.36. The maximum atomic E-state index is 12.8. The number of alkyl halides is 3. The fourth-order valence-electron chi connectivity index (χ4n) is 3.74. The molecule has 0 saturated carbocycles. The van der Waals surface area contributed by atoms with Gasteiger partial charge in [-0.1, -0.05) is 30.3 Å². The molecular weight excluding hydrogens is 469 g/mol. The minimum Gasteiger partial charge on any atom is -0.475 e. The number of nitrogens with zero attached hydrogens (tertiary/aromatic N) is 4. The van der Waals surface area contributed by atoms with Crippen LogP contribution in [0, 0.1) is 0 Å². The van der Waals surface area contributed by atoms with Crippen LogP contribution < -0.4 is 10.6 Å². The molecule has 3 aromatic rings. The molecule has 2 aromatic heterocycles. The fourth-order valence-corrected chi connectivity index (χ4v) is 3.74. The average Bonchev–Trinajstić information content (AvgIpc) is 3.37. The van der Waals surface area contributed by atoms with Crippen molar-refractivity contribution in [3.8, 4) is 11.4 Å². The number of carbonyl (C=O) groups is 3. The van der Waals surface area contributed by atoms with Gasteiger partial charge in [0.2, 0.25) is 5.91 Å². The Kier molecular flexibility index (Phi) is 6.69. The van der Waals surface area contributed by atoms with Crippen LogP contribution in [0.1, 0.15) is 16.8 Å². The minimum atomic E-state index is -5.08. The van der Waals surface area contributed by atoms with Gasteiger partial charge in [-0.25, -0.2) is 4.79 Å². The van der Waals surface area contributed by atoms with Crippen LogP contribution in [0.25, 0.3) is 17.0 Å². The van der Waals surface area contributed by atoms with Crippen molar-refractivity contribution in [1.29, 1.82) is 0 Å². The number of aromatic nitrogens is 3. The molecule has 0 bridgehead atoms. The second-order valence-electron chi connectivity index (χ2n) is 8.00. The number of carbonyl (C=O) groups excluding carboxylic acids is 2. The highest BCUT2D eigenvalue weighted by Gasteiger charge is 2.39. The molecule has 1 aromatic carbocycles. The van der Waals surface area contributed by atoms with Crippen molar-refractivity contribution in [1.82, 2.24) is 30.1 Å². The number of likely N-dealkylation sites (tertiary alicyclic amines) is 1. The standard InChI is InChI=1S/C20H20N6O2.C2HF3O2/c27-19(22-16-8-9-25(20(16)28)15-10-21-11-15)14-6-7-17-23-24-18(26(17)12-14)13-4-2-1-3-5-13;3-2(4,5)1(6)7/h1-7,12,15-16,21H,8-11H2,(H,22,27);(H,6,7). The third kappa shape index (κ3) is 5.24. The van der Waals surface area contributed by atoms with Gasteiger partial charge in [0.1, 0.15) is 6.04 Å². The summed E-state index contributed by atoms with van der Waals surface area (Å²) in [5, 5.41) is 21.6. The number of benzene rings is 1. The van der Waals surface area contributed by atoms with Gasteiger partial charge in [0.15, 0.2) is 11.5 Å². The summed E-state index contributed by atoms with van der Waals surface area (Å²) in [4.78, 5) is 36.1. The number of hydrogen-bond acceptors (Lipinski definition) is 6. The Hall–Kier alpha value is -4.00. The van der Waals surface area contributed by atoms with Gasteiger partial charge in [0, 0.05) is 31.4 Å². The number of hydrogen-bond donors (Lipinski definition) is 3. The Labute approximate surface area is 196 Å². The Bertz CT molecular complexity index is 1240. The van der Waals surface area contributed by atoms with Gasteiger partial charge in [-0.05, 0) is 18.6 Å². The highest BCUT2D eigenvalue weighted by molar-refractivity contribution is 5.98. The first kappa shape index (κ1) is 24.1. The second-order valence-corrected chi connectivity index (χ2v) is 8.00. The molecule has 1 atom stereocenters. The van der Waals surface area contributed by atoms with E-state index in [1.807, 2.05) is 35.2 Å². The van der Waals surface area contributed by atoms with Gasteiger partial charge in [-0.2, -0.15) is 13.2 Å².